The molecule has 20 heavy (non-hydrogen) atoms. The molecule has 0 saturated carbocycles. The summed E-state index contributed by atoms with van der Waals surface area (Å²) in [7, 11) is 0. The Hall–Kier alpha value is -2.47. The van der Waals surface area contributed by atoms with Crippen molar-refractivity contribution in [2.75, 3.05) is 5.32 Å². The van der Waals surface area contributed by atoms with Crippen LogP contribution >= 0.6 is 11.6 Å². The van der Waals surface area contributed by atoms with E-state index in [-0.39, 0.29) is 16.5 Å². The van der Waals surface area contributed by atoms with Crippen LogP contribution in [0.15, 0.2) is 36.4 Å². The number of nitro groups is 1. The number of pyridine rings is 1. The molecule has 1 amide bonds. The van der Waals surface area contributed by atoms with Crippen LogP contribution in [0, 0.1) is 17.0 Å². The highest BCUT2D eigenvalue weighted by Crippen LogP contribution is 2.25. The Morgan fingerprint density at radius 1 is 1.30 bits per heavy atom. The second-order valence-electron chi connectivity index (χ2n) is 4.01. The highest BCUT2D eigenvalue weighted by Gasteiger charge is 2.16. The predicted octanol–water partition coefficient (Wildman–Crippen LogP) is 3.20. The molecule has 0 atom stereocenters. The van der Waals surface area contributed by atoms with Gasteiger partial charge in [-0.3, -0.25) is 14.9 Å². The lowest BCUT2D eigenvalue weighted by molar-refractivity contribution is -0.385. The second-order valence-corrected chi connectivity index (χ2v) is 4.39. The largest absolute Gasteiger partial charge is 0.320 e. The number of rotatable bonds is 3. The van der Waals surface area contributed by atoms with Crippen molar-refractivity contribution in [3.05, 3.63) is 62.9 Å². The van der Waals surface area contributed by atoms with Crippen molar-refractivity contribution in [2.45, 2.75) is 6.92 Å². The van der Waals surface area contributed by atoms with E-state index < -0.39 is 10.8 Å². The molecule has 2 aromatic rings. The summed E-state index contributed by atoms with van der Waals surface area (Å²) in [6.07, 6.45) is 0. The highest BCUT2D eigenvalue weighted by atomic mass is 35.5. The van der Waals surface area contributed by atoms with Crippen LogP contribution in [0.2, 0.25) is 5.15 Å². The van der Waals surface area contributed by atoms with Crippen LogP contribution in [-0.2, 0) is 0 Å². The second kappa shape index (κ2) is 5.66. The van der Waals surface area contributed by atoms with Crippen molar-refractivity contribution in [3.8, 4) is 0 Å². The first kappa shape index (κ1) is 14.0. The number of halogens is 1. The SMILES string of the molecule is Cc1c(NC(=O)c2cccc(Cl)n2)cccc1[N+](=O)[O-]. The number of carbonyl (C=O) groups is 1. The van der Waals surface area contributed by atoms with Gasteiger partial charge in [0, 0.05) is 6.07 Å². The minimum atomic E-state index is -0.497. The van der Waals surface area contributed by atoms with Crippen molar-refractivity contribution in [1.82, 2.24) is 4.98 Å². The molecular formula is C13H10ClN3O3. The molecule has 1 aromatic carbocycles. The number of benzene rings is 1. The van der Waals surface area contributed by atoms with Gasteiger partial charge in [-0.05, 0) is 25.1 Å². The van der Waals surface area contributed by atoms with Gasteiger partial charge in [-0.2, -0.15) is 0 Å². The standard InChI is InChI=1S/C13H10ClN3O3/c1-8-9(4-2-6-11(8)17(19)20)16-13(18)10-5-3-7-12(14)15-10/h2-7H,1H3,(H,16,18). The summed E-state index contributed by atoms with van der Waals surface area (Å²) >= 11 is 5.71. The lowest BCUT2D eigenvalue weighted by atomic mass is 10.1. The molecule has 0 aliphatic heterocycles. The van der Waals surface area contributed by atoms with E-state index in [9.17, 15) is 14.9 Å². The van der Waals surface area contributed by atoms with Gasteiger partial charge in [0.25, 0.3) is 11.6 Å². The molecule has 0 radical (unpaired) electrons. The van der Waals surface area contributed by atoms with Crippen LogP contribution in [0.3, 0.4) is 0 Å². The summed E-state index contributed by atoms with van der Waals surface area (Å²) < 4.78 is 0. The zero-order chi connectivity index (χ0) is 14.7. The Kier molecular flexibility index (Phi) is 3.95. The van der Waals surface area contributed by atoms with Gasteiger partial charge in [0.05, 0.1) is 16.2 Å². The van der Waals surface area contributed by atoms with Gasteiger partial charge in [0.1, 0.15) is 10.8 Å². The van der Waals surface area contributed by atoms with Gasteiger partial charge in [0.2, 0.25) is 0 Å². The molecule has 0 bridgehead atoms. The molecule has 0 aliphatic carbocycles. The van der Waals surface area contributed by atoms with Crippen molar-refractivity contribution < 1.29 is 9.72 Å². The number of carbonyl (C=O) groups excluding carboxylic acids is 1. The van der Waals surface area contributed by atoms with E-state index in [1.807, 2.05) is 0 Å². The zero-order valence-corrected chi connectivity index (χ0v) is 11.2. The lowest BCUT2D eigenvalue weighted by Crippen LogP contribution is -2.14. The van der Waals surface area contributed by atoms with Crippen molar-refractivity contribution in [2.24, 2.45) is 0 Å². The molecule has 0 spiro atoms. The molecule has 1 heterocycles. The van der Waals surface area contributed by atoms with Gasteiger partial charge < -0.3 is 5.32 Å². The topological polar surface area (TPSA) is 85.1 Å². The monoisotopic (exact) mass is 291 g/mol. The van der Waals surface area contributed by atoms with Crippen LogP contribution in [0.25, 0.3) is 0 Å². The number of nitrogens with zero attached hydrogens (tertiary/aromatic N) is 2. The molecule has 7 heteroatoms. The number of hydrogen-bond donors (Lipinski definition) is 1. The van der Waals surface area contributed by atoms with E-state index in [0.29, 0.717) is 11.3 Å². The molecule has 2 rings (SSSR count). The van der Waals surface area contributed by atoms with Crippen molar-refractivity contribution in [3.63, 3.8) is 0 Å². The minimum absolute atomic E-state index is 0.0538. The van der Waals surface area contributed by atoms with Crippen LogP contribution in [0.5, 0.6) is 0 Å². The smallest absolute Gasteiger partial charge is 0.274 e. The average Bonchev–Trinajstić information content (AvgIpc) is 2.40. The quantitative estimate of drug-likeness (QED) is 0.534. The van der Waals surface area contributed by atoms with Crippen LogP contribution in [0.4, 0.5) is 11.4 Å². The number of amides is 1. The summed E-state index contributed by atoms with van der Waals surface area (Å²) in [6, 6.07) is 9.13. The Morgan fingerprint density at radius 3 is 2.65 bits per heavy atom. The molecule has 1 N–H and O–H groups in total. The summed E-state index contributed by atoms with van der Waals surface area (Å²) in [5.41, 5.74) is 0.837. The van der Waals surface area contributed by atoms with Gasteiger partial charge >= 0.3 is 0 Å². The van der Waals surface area contributed by atoms with E-state index in [2.05, 4.69) is 10.3 Å². The first-order chi connectivity index (χ1) is 9.49. The summed E-state index contributed by atoms with van der Waals surface area (Å²) in [5.74, 6) is -0.476. The number of nitrogens with one attached hydrogen (secondary N) is 1. The van der Waals surface area contributed by atoms with Crippen LogP contribution < -0.4 is 5.32 Å². The lowest BCUT2D eigenvalue weighted by Gasteiger charge is -2.08. The minimum Gasteiger partial charge on any atom is -0.320 e. The fraction of sp³-hybridized carbons (Fsp3) is 0.0769. The number of aromatic nitrogens is 1. The average molecular weight is 292 g/mol. The number of hydrogen-bond acceptors (Lipinski definition) is 4. The van der Waals surface area contributed by atoms with E-state index in [1.165, 1.54) is 18.2 Å². The van der Waals surface area contributed by atoms with Gasteiger partial charge in [-0.1, -0.05) is 23.7 Å². The van der Waals surface area contributed by atoms with Crippen LogP contribution in [0.1, 0.15) is 16.1 Å². The Labute approximate surface area is 119 Å². The van der Waals surface area contributed by atoms with E-state index in [1.54, 1.807) is 25.1 Å². The third-order valence-electron chi connectivity index (χ3n) is 2.70. The van der Waals surface area contributed by atoms with Gasteiger partial charge in [-0.15, -0.1) is 0 Å². The van der Waals surface area contributed by atoms with E-state index >= 15 is 0 Å². The summed E-state index contributed by atoms with van der Waals surface area (Å²) in [5, 5.41) is 13.6. The van der Waals surface area contributed by atoms with Crippen LogP contribution in [-0.4, -0.2) is 15.8 Å². The van der Waals surface area contributed by atoms with Crippen molar-refractivity contribution in [1.29, 1.82) is 0 Å². The Morgan fingerprint density at radius 2 is 2.00 bits per heavy atom. The normalized spacial score (nSPS) is 10.1. The Balaban J connectivity index is 2.29. The third-order valence-corrected chi connectivity index (χ3v) is 2.91. The Bertz CT molecular complexity index is 688. The van der Waals surface area contributed by atoms with E-state index in [0.717, 1.165) is 0 Å². The molecular weight excluding hydrogens is 282 g/mol. The third kappa shape index (κ3) is 2.92. The molecule has 6 nitrogen and oxygen atoms in total. The molecule has 0 fully saturated rings. The fourth-order valence-electron chi connectivity index (χ4n) is 1.68. The van der Waals surface area contributed by atoms with Gasteiger partial charge in [0.15, 0.2) is 0 Å². The molecule has 0 aliphatic rings. The first-order valence-corrected chi connectivity index (χ1v) is 6.05. The first-order valence-electron chi connectivity index (χ1n) is 5.67. The molecule has 102 valence electrons. The highest BCUT2D eigenvalue weighted by molar-refractivity contribution is 6.29. The van der Waals surface area contributed by atoms with Crippen molar-refractivity contribution >= 4 is 28.9 Å². The number of anilines is 1. The molecule has 1 aromatic heterocycles. The zero-order valence-electron chi connectivity index (χ0n) is 10.5. The van der Waals surface area contributed by atoms with E-state index in [4.69, 9.17) is 11.6 Å². The maximum absolute atomic E-state index is 12.0. The number of nitro benzene ring substituents is 1. The maximum Gasteiger partial charge on any atom is 0.274 e. The maximum atomic E-state index is 12.0. The predicted molar refractivity (Wildman–Crippen MR) is 75.0 cm³/mol. The summed E-state index contributed by atoms with van der Waals surface area (Å²) in [6.45, 7) is 1.57. The molecule has 0 unspecified atom stereocenters. The molecule has 0 saturated heterocycles. The fourth-order valence-corrected chi connectivity index (χ4v) is 1.84. The summed E-state index contributed by atoms with van der Waals surface area (Å²) in [4.78, 5) is 26.2. The van der Waals surface area contributed by atoms with Gasteiger partial charge in [-0.25, -0.2) is 4.98 Å².